The molecule has 30 heavy (non-hydrogen) atoms. The number of non-ortho nitro benzene ring substituents is 1. The molecule has 0 bridgehead atoms. The Bertz CT molecular complexity index is 1090. The van der Waals surface area contributed by atoms with Crippen LogP contribution in [0.25, 0.3) is 11.3 Å². The summed E-state index contributed by atoms with van der Waals surface area (Å²) < 4.78 is 11.0. The SMILES string of the molecule is O=C(Nc1cccc(Cl)c1N1CCOCC1)c1ccc(-c2cccc([N+](=O)[O-])c2)o1. The minimum atomic E-state index is -0.480. The molecule has 1 aliphatic rings. The van der Waals surface area contributed by atoms with E-state index in [0.717, 1.165) is 5.69 Å². The van der Waals surface area contributed by atoms with E-state index in [9.17, 15) is 14.9 Å². The molecule has 2 heterocycles. The molecule has 0 saturated carbocycles. The lowest BCUT2D eigenvalue weighted by Crippen LogP contribution is -2.37. The van der Waals surface area contributed by atoms with Gasteiger partial charge in [0, 0.05) is 30.8 Å². The number of nitrogens with one attached hydrogen (secondary N) is 1. The van der Waals surface area contributed by atoms with Crippen molar-refractivity contribution in [1.29, 1.82) is 0 Å². The minimum absolute atomic E-state index is 0.0519. The highest BCUT2D eigenvalue weighted by atomic mass is 35.5. The Hall–Kier alpha value is -3.36. The number of carbonyl (C=O) groups is 1. The number of furan rings is 1. The summed E-state index contributed by atoms with van der Waals surface area (Å²) >= 11 is 6.40. The van der Waals surface area contributed by atoms with Crippen LogP contribution in [0.3, 0.4) is 0 Å². The van der Waals surface area contributed by atoms with Crippen molar-refractivity contribution in [3.8, 4) is 11.3 Å². The fourth-order valence-corrected chi connectivity index (χ4v) is 3.59. The lowest BCUT2D eigenvalue weighted by atomic mass is 10.1. The van der Waals surface area contributed by atoms with Gasteiger partial charge in [0.1, 0.15) is 5.76 Å². The molecule has 0 spiro atoms. The lowest BCUT2D eigenvalue weighted by molar-refractivity contribution is -0.384. The van der Waals surface area contributed by atoms with E-state index >= 15 is 0 Å². The quantitative estimate of drug-likeness (QED) is 0.472. The van der Waals surface area contributed by atoms with Crippen LogP contribution in [-0.4, -0.2) is 37.1 Å². The number of anilines is 2. The number of morpholine rings is 1. The third kappa shape index (κ3) is 4.14. The van der Waals surface area contributed by atoms with Crippen molar-refractivity contribution in [2.75, 3.05) is 36.5 Å². The molecule has 154 valence electrons. The van der Waals surface area contributed by atoms with Gasteiger partial charge < -0.3 is 19.4 Å². The first-order valence-corrected chi connectivity index (χ1v) is 9.68. The highest BCUT2D eigenvalue weighted by molar-refractivity contribution is 6.34. The number of halogens is 1. The summed E-state index contributed by atoms with van der Waals surface area (Å²) in [5, 5.41) is 14.4. The second-order valence-electron chi connectivity index (χ2n) is 6.66. The maximum absolute atomic E-state index is 12.8. The normalized spacial score (nSPS) is 13.8. The largest absolute Gasteiger partial charge is 0.451 e. The van der Waals surface area contributed by atoms with Crippen LogP contribution in [0.2, 0.25) is 5.02 Å². The molecule has 8 nitrogen and oxygen atoms in total. The zero-order chi connectivity index (χ0) is 21.1. The van der Waals surface area contributed by atoms with E-state index in [1.165, 1.54) is 18.2 Å². The summed E-state index contributed by atoms with van der Waals surface area (Å²) in [7, 11) is 0. The molecular weight excluding hydrogens is 410 g/mol. The van der Waals surface area contributed by atoms with Gasteiger partial charge >= 0.3 is 0 Å². The summed E-state index contributed by atoms with van der Waals surface area (Å²) in [6, 6.07) is 14.5. The zero-order valence-corrected chi connectivity index (χ0v) is 16.6. The lowest BCUT2D eigenvalue weighted by Gasteiger charge is -2.31. The average molecular weight is 428 g/mol. The van der Waals surface area contributed by atoms with Crippen LogP contribution >= 0.6 is 11.6 Å². The van der Waals surface area contributed by atoms with E-state index < -0.39 is 10.8 Å². The first-order valence-electron chi connectivity index (χ1n) is 9.30. The number of amides is 1. The van der Waals surface area contributed by atoms with Gasteiger partial charge in [0.05, 0.1) is 34.5 Å². The van der Waals surface area contributed by atoms with Crippen molar-refractivity contribution < 1.29 is 18.9 Å². The van der Waals surface area contributed by atoms with Gasteiger partial charge in [0.2, 0.25) is 0 Å². The Morgan fingerprint density at radius 2 is 1.87 bits per heavy atom. The van der Waals surface area contributed by atoms with Crippen LogP contribution < -0.4 is 10.2 Å². The molecular formula is C21H18ClN3O5. The molecule has 1 aliphatic heterocycles. The topological polar surface area (TPSA) is 97.9 Å². The van der Waals surface area contributed by atoms with E-state index in [-0.39, 0.29) is 11.4 Å². The fraction of sp³-hybridized carbons (Fsp3) is 0.190. The molecule has 1 saturated heterocycles. The summed E-state index contributed by atoms with van der Waals surface area (Å²) in [4.78, 5) is 25.3. The Morgan fingerprint density at radius 3 is 2.63 bits per heavy atom. The second kappa shape index (κ2) is 8.56. The number of nitro groups is 1. The molecule has 2 aromatic carbocycles. The van der Waals surface area contributed by atoms with Gasteiger partial charge in [-0.05, 0) is 24.3 Å². The van der Waals surface area contributed by atoms with Gasteiger partial charge in [-0.2, -0.15) is 0 Å². The van der Waals surface area contributed by atoms with Crippen molar-refractivity contribution in [3.05, 3.63) is 75.5 Å². The van der Waals surface area contributed by atoms with Crippen LogP contribution in [-0.2, 0) is 4.74 Å². The first kappa shape index (κ1) is 19.9. The number of hydrogen-bond acceptors (Lipinski definition) is 6. The molecule has 1 fully saturated rings. The van der Waals surface area contributed by atoms with Crippen LogP contribution in [0.15, 0.2) is 59.0 Å². The number of benzene rings is 2. The molecule has 3 aromatic rings. The van der Waals surface area contributed by atoms with Gasteiger partial charge in [0.15, 0.2) is 5.76 Å². The molecule has 0 unspecified atom stereocenters. The number of carbonyl (C=O) groups excluding carboxylic acids is 1. The van der Waals surface area contributed by atoms with Crippen LogP contribution in [0.4, 0.5) is 17.1 Å². The minimum Gasteiger partial charge on any atom is -0.451 e. The van der Waals surface area contributed by atoms with Crippen molar-refractivity contribution in [2.45, 2.75) is 0 Å². The van der Waals surface area contributed by atoms with Gasteiger partial charge in [0.25, 0.3) is 11.6 Å². The number of ether oxygens (including phenoxy) is 1. The summed E-state index contributed by atoms with van der Waals surface area (Å²) in [5.74, 6) is 0.0104. The van der Waals surface area contributed by atoms with E-state index in [4.69, 9.17) is 20.8 Å². The smallest absolute Gasteiger partial charge is 0.291 e. The fourth-order valence-electron chi connectivity index (χ4n) is 3.30. The number of para-hydroxylation sites is 1. The third-order valence-corrected chi connectivity index (χ3v) is 5.04. The van der Waals surface area contributed by atoms with E-state index in [2.05, 4.69) is 10.2 Å². The van der Waals surface area contributed by atoms with Gasteiger partial charge in [-0.1, -0.05) is 29.8 Å². The first-order chi connectivity index (χ1) is 14.5. The highest BCUT2D eigenvalue weighted by Crippen LogP contribution is 2.35. The maximum atomic E-state index is 12.8. The predicted octanol–water partition coefficient (Wildman–Crippen LogP) is 4.60. The van der Waals surface area contributed by atoms with E-state index in [1.54, 1.807) is 36.4 Å². The zero-order valence-electron chi connectivity index (χ0n) is 15.8. The predicted molar refractivity (Wildman–Crippen MR) is 113 cm³/mol. The molecule has 1 aromatic heterocycles. The summed E-state index contributed by atoms with van der Waals surface area (Å²) in [6.07, 6.45) is 0. The summed E-state index contributed by atoms with van der Waals surface area (Å²) in [5.41, 5.74) is 1.77. The standard InChI is InChI=1S/C21H18ClN3O5/c22-16-5-2-6-17(20(16)24-9-11-29-12-10-24)23-21(26)19-8-7-18(30-19)14-3-1-4-15(13-14)25(27)28/h1-8,13H,9-12H2,(H,23,26). The van der Waals surface area contributed by atoms with Crippen molar-refractivity contribution >= 4 is 34.6 Å². The number of nitrogens with zero attached hydrogens (tertiary/aromatic N) is 2. The van der Waals surface area contributed by atoms with E-state index in [0.29, 0.717) is 48.3 Å². The highest BCUT2D eigenvalue weighted by Gasteiger charge is 2.21. The van der Waals surface area contributed by atoms with E-state index in [1.807, 2.05) is 0 Å². The molecule has 1 amide bonds. The van der Waals surface area contributed by atoms with Crippen molar-refractivity contribution in [3.63, 3.8) is 0 Å². The van der Waals surface area contributed by atoms with Crippen LogP contribution in [0.1, 0.15) is 10.6 Å². The number of rotatable bonds is 5. The second-order valence-corrected chi connectivity index (χ2v) is 7.07. The molecule has 0 radical (unpaired) electrons. The molecule has 1 N–H and O–H groups in total. The Morgan fingerprint density at radius 1 is 1.10 bits per heavy atom. The van der Waals surface area contributed by atoms with Crippen molar-refractivity contribution in [2.24, 2.45) is 0 Å². The maximum Gasteiger partial charge on any atom is 0.291 e. The molecule has 0 aliphatic carbocycles. The van der Waals surface area contributed by atoms with Crippen LogP contribution in [0, 0.1) is 10.1 Å². The number of nitro benzene ring substituents is 1. The average Bonchev–Trinajstić information content (AvgIpc) is 3.25. The van der Waals surface area contributed by atoms with Crippen molar-refractivity contribution in [1.82, 2.24) is 0 Å². The third-order valence-electron chi connectivity index (χ3n) is 4.73. The number of hydrogen-bond donors (Lipinski definition) is 1. The van der Waals surface area contributed by atoms with Gasteiger partial charge in [-0.25, -0.2) is 0 Å². The monoisotopic (exact) mass is 427 g/mol. The summed E-state index contributed by atoms with van der Waals surface area (Å²) in [6.45, 7) is 2.52. The Labute approximate surface area is 177 Å². The molecule has 4 rings (SSSR count). The Kier molecular flexibility index (Phi) is 5.69. The van der Waals surface area contributed by atoms with Gasteiger partial charge in [-0.3, -0.25) is 14.9 Å². The van der Waals surface area contributed by atoms with Gasteiger partial charge in [-0.15, -0.1) is 0 Å². The Balaban J connectivity index is 1.57. The van der Waals surface area contributed by atoms with Crippen LogP contribution in [0.5, 0.6) is 0 Å². The molecule has 0 atom stereocenters. The molecule has 9 heteroatoms.